The zero-order valence-corrected chi connectivity index (χ0v) is 26.8. The number of nitrogen functional groups attached to an aromatic ring is 1. The molecular weight excluding hydrogens is 615 g/mol. The van der Waals surface area contributed by atoms with Crippen LogP contribution in [-0.4, -0.2) is 93.2 Å². The molecule has 1 amide bonds. The van der Waals surface area contributed by atoms with Crippen molar-refractivity contribution in [3.63, 3.8) is 0 Å². The molecule has 1 aromatic carbocycles. The lowest BCUT2D eigenvalue weighted by molar-refractivity contribution is -0.126. The maximum atomic E-state index is 13.0. The number of hydrogen-bond donors (Lipinski definition) is 2. The van der Waals surface area contributed by atoms with Crippen LogP contribution < -0.4 is 11.1 Å². The van der Waals surface area contributed by atoms with Gasteiger partial charge in [0, 0.05) is 80.2 Å². The molecule has 0 saturated carbocycles. The molecule has 46 heavy (non-hydrogen) atoms. The molecule has 2 aliphatic heterocycles. The SMILES string of the molecule is Cc1c(CN2CCC(Nc3nc(N)nc4sc(CC(F)(F)F)cc34)CC2)ccc2c1cc(C#N)n2C[C@H](C)N1CCN(C=O)CC1. The first-order chi connectivity index (χ1) is 22.0. The van der Waals surface area contributed by atoms with Gasteiger partial charge in [0.2, 0.25) is 12.4 Å². The third kappa shape index (κ3) is 6.91. The molecule has 244 valence electrons. The van der Waals surface area contributed by atoms with Crippen molar-refractivity contribution in [2.45, 2.75) is 64.5 Å². The van der Waals surface area contributed by atoms with Crippen LogP contribution >= 0.6 is 11.3 Å². The van der Waals surface area contributed by atoms with Gasteiger partial charge in [-0.15, -0.1) is 11.3 Å². The van der Waals surface area contributed by atoms with E-state index in [1.807, 2.05) is 6.07 Å². The highest BCUT2D eigenvalue weighted by molar-refractivity contribution is 7.18. The number of piperidine rings is 1. The highest BCUT2D eigenvalue weighted by Crippen LogP contribution is 2.34. The Bertz CT molecular complexity index is 1760. The molecule has 2 aliphatic rings. The monoisotopic (exact) mass is 653 g/mol. The van der Waals surface area contributed by atoms with Gasteiger partial charge in [0.15, 0.2) is 0 Å². The third-order valence-electron chi connectivity index (χ3n) is 9.31. The summed E-state index contributed by atoms with van der Waals surface area (Å²) in [6, 6.07) is 10.5. The topological polar surface area (TPSA) is 119 Å². The molecule has 5 heterocycles. The molecule has 14 heteroatoms. The number of likely N-dealkylation sites (tertiary alicyclic amines) is 1. The molecule has 3 aromatic heterocycles. The summed E-state index contributed by atoms with van der Waals surface area (Å²) in [5, 5.41) is 15.1. The number of nitrogens with two attached hydrogens (primary N) is 1. The van der Waals surface area contributed by atoms with Gasteiger partial charge in [-0.25, -0.2) is 4.98 Å². The van der Waals surface area contributed by atoms with Crippen molar-refractivity contribution in [1.29, 1.82) is 5.26 Å². The molecule has 0 unspecified atom stereocenters. The Morgan fingerprint density at radius 2 is 1.87 bits per heavy atom. The standard InChI is InChI=1S/C32H38F3N9OS/c1-20(43-11-9-42(19-45)10-12-43)17-44-24(16-36)13-26-21(2)22(3-4-28(26)44)18-41-7-5-23(6-8-41)38-29-27-14-25(15-32(33,34)35)46-30(27)40-31(37)39-29/h3-4,13-14,19-20,23H,5-12,15,17-18H2,1-2H3,(H3,37,38,39,40)/t20-/m0/s1. The van der Waals surface area contributed by atoms with Gasteiger partial charge >= 0.3 is 6.18 Å². The number of carbonyl (C=O) groups is 1. The van der Waals surface area contributed by atoms with Gasteiger partial charge in [0.25, 0.3) is 0 Å². The molecule has 1 atom stereocenters. The van der Waals surface area contributed by atoms with E-state index in [9.17, 15) is 23.2 Å². The summed E-state index contributed by atoms with van der Waals surface area (Å²) >= 11 is 0.999. The number of nitrogens with zero attached hydrogens (tertiary/aromatic N) is 7. The number of piperazine rings is 1. The number of amides is 1. The summed E-state index contributed by atoms with van der Waals surface area (Å²) in [6.45, 7) is 10.6. The second kappa shape index (κ2) is 13.1. The third-order valence-corrected chi connectivity index (χ3v) is 10.3. The van der Waals surface area contributed by atoms with Crippen LogP contribution in [0.15, 0.2) is 24.3 Å². The van der Waals surface area contributed by atoms with Crippen molar-refractivity contribution in [2.75, 3.05) is 50.3 Å². The minimum Gasteiger partial charge on any atom is -0.368 e. The molecule has 3 N–H and O–H groups in total. The highest BCUT2D eigenvalue weighted by Gasteiger charge is 2.30. The lowest BCUT2D eigenvalue weighted by Gasteiger charge is -2.36. The van der Waals surface area contributed by atoms with Gasteiger partial charge in [-0.05, 0) is 56.0 Å². The number of nitriles is 1. The van der Waals surface area contributed by atoms with Crippen LogP contribution in [0.3, 0.4) is 0 Å². The number of fused-ring (bicyclic) bond motifs is 2. The predicted molar refractivity (Wildman–Crippen MR) is 174 cm³/mol. The molecule has 0 radical (unpaired) electrons. The van der Waals surface area contributed by atoms with Crippen LogP contribution in [0.5, 0.6) is 0 Å². The first-order valence-corrected chi connectivity index (χ1v) is 16.4. The van der Waals surface area contributed by atoms with Crippen LogP contribution in [0.2, 0.25) is 0 Å². The number of hydrogen-bond acceptors (Lipinski definition) is 9. The first-order valence-electron chi connectivity index (χ1n) is 15.6. The number of anilines is 2. The number of aryl methyl sites for hydroxylation is 1. The van der Waals surface area contributed by atoms with E-state index in [1.165, 1.54) is 17.2 Å². The Labute approximate surface area is 269 Å². The molecule has 2 fully saturated rings. The fourth-order valence-corrected chi connectivity index (χ4v) is 7.76. The Kier molecular flexibility index (Phi) is 9.09. The number of halogens is 3. The maximum absolute atomic E-state index is 13.0. The zero-order valence-electron chi connectivity index (χ0n) is 26.0. The molecule has 0 spiro atoms. The van der Waals surface area contributed by atoms with Crippen molar-refractivity contribution in [3.05, 3.63) is 46.0 Å². The molecule has 0 aliphatic carbocycles. The smallest absolute Gasteiger partial charge is 0.368 e. The summed E-state index contributed by atoms with van der Waals surface area (Å²) in [7, 11) is 0. The van der Waals surface area contributed by atoms with Crippen LogP contribution in [0.1, 0.15) is 41.5 Å². The second-order valence-electron chi connectivity index (χ2n) is 12.4. The van der Waals surface area contributed by atoms with Crippen molar-refractivity contribution < 1.29 is 18.0 Å². The minimum atomic E-state index is -4.29. The average Bonchev–Trinajstić information content (AvgIpc) is 3.59. The highest BCUT2D eigenvalue weighted by atomic mass is 32.1. The van der Waals surface area contributed by atoms with Gasteiger partial charge in [0.1, 0.15) is 22.4 Å². The number of carbonyl (C=O) groups excluding carboxylic acids is 1. The van der Waals surface area contributed by atoms with Crippen molar-refractivity contribution in [3.8, 4) is 6.07 Å². The number of thiophene rings is 1. The van der Waals surface area contributed by atoms with Crippen LogP contribution in [-0.2, 0) is 24.3 Å². The lowest BCUT2D eigenvalue weighted by atomic mass is 10.0. The Balaban J connectivity index is 1.10. The quantitative estimate of drug-likeness (QED) is 0.249. The normalized spacial score (nSPS) is 17.9. The van der Waals surface area contributed by atoms with Gasteiger partial charge < -0.3 is 20.5 Å². The Morgan fingerprint density at radius 1 is 1.13 bits per heavy atom. The van der Waals surface area contributed by atoms with E-state index in [0.717, 1.165) is 87.3 Å². The van der Waals surface area contributed by atoms with Crippen molar-refractivity contribution in [1.82, 2.24) is 29.2 Å². The van der Waals surface area contributed by atoms with Crippen LogP contribution in [0, 0.1) is 18.3 Å². The number of nitrogens with one attached hydrogen (secondary N) is 1. The summed E-state index contributed by atoms with van der Waals surface area (Å²) in [5.41, 5.74) is 10.00. The van der Waals surface area contributed by atoms with Gasteiger partial charge in [-0.2, -0.15) is 23.4 Å². The summed E-state index contributed by atoms with van der Waals surface area (Å²) in [6.07, 6.45) is -2.69. The number of rotatable bonds is 9. The van der Waals surface area contributed by atoms with Crippen LogP contribution in [0.4, 0.5) is 24.9 Å². The number of aromatic nitrogens is 3. The molecule has 10 nitrogen and oxygen atoms in total. The predicted octanol–water partition coefficient (Wildman–Crippen LogP) is 4.75. The molecule has 6 rings (SSSR count). The summed E-state index contributed by atoms with van der Waals surface area (Å²) < 4.78 is 41.1. The molecular formula is C32H38F3N9OS. The fraction of sp³-hybridized carbons (Fsp3) is 0.500. The summed E-state index contributed by atoms with van der Waals surface area (Å²) in [4.78, 5) is 26.8. The Morgan fingerprint density at radius 3 is 2.54 bits per heavy atom. The van der Waals surface area contributed by atoms with E-state index in [1.54, 1.807) is 4.90 Å². The van der Waals surface area contributed by atoms with Gasteiger partial charge in [-0.3, -0.25) is 14.6 Å². The van der Waals surface area contributed by atoms with E-state index in [2.05, 4.69) is 61.7 Å². The van der Waals surface area contributed by atoms with Gasteiger partial charge in [0.05, 0.1) is 11.8 Å². The van der Waals surface area contributed by atoms with E-state index >= 15 is 0 Å². The average molecular weight is 654 g/mol. The summed E-state index contributed by atoms with van der Waals surface area (Å²) in [5.74, 6) is 0.529. The van der Waals surface area contributed by atoms with E-state index in [4.69, 9.17) is 5.73 Å². The fourth-order valence-electron chi connectivity index (χ4n) is 6.70. The van der Waals surface area contributed by atoms with E-state index in [0.29, 0.717) is 28.3 Å². The molecule has 2 saturated heterocycles. The molecule has 0 bridgehead atoms. The molecule has 4 aromatic rings. The largest absolute Gasteiger partial charge is 0.393 e. The number of benzene rings is 1. The second-order valence-corrected chi connectivity index (χ2v) is 13.5. The zero-order chi connectivity index (χ0) is 32.6. The first kappa shape index (κ1) is 32.0. The number of alkyl halides is 3. The lowest BCUT2D eigenvalue weighted by Crippen LogP contribution is -2.50. The van der Waals surface area contributed by atoms with Crippen molar-refractivity contribution >= 4 is 50.6 Å². The van der Waals surface area contributed by atoms with E-state index < -0.39 is 12.6 Å². The maximum Gasteiger partial charge on any atom is 0.393 e. The van der Waals surface area contributed by atoms with E-state index in [-0.39, 0.29) is 22.9 Å². The minimum absolute atomic E-state index is 0.0407. The van der Waals surface area contributed by atoms with Crippen LogP contribution in [0.25, 0.3) is 21.1 Å². The Hall–Kier alpha value is -3.93. The van der Waals surface area contributed by atoms with Gasteiger partial charge in [-0.1, -0.05) is 6.07 Å². The van der Waals surface area contributed by atoms with Crippen molar-refractivity contribution in [2.24, 2.45) is 0 Å².